The fraction of sp³-hybridized carbons (Fsp3) is 0.258. The van der Waals surface area contributed by atoms with Crippen molar-refractivity contribution in [1.29, 1.82) is 0 Å². The van der Waals surface area contributed by atoms with Crippen LogP contribution in [0.5, 0.6) is 17.2 Å². The van der Waals surface area contributed by atoms with Gasteiger partial charge in [0.05, 0.1) is 44.5 Å². The maximum absolute atomic E-state index is 12.4. The predicted octanol–water partition coefficient (Wildman–Crippen LogP) is 5.06. The van der Waals surface area contributed by atoms with E-state index in [9.17, 15) is 24.8 Å². The van der Waals surface area contributed by atoms with Gasteiger partial charge in [-0.3, -0.25) is 15.5 Å². The Kier molecular flexibility index (Phi) is 12.4. The first-order chi connectivity index (χ1) is 22.5. The lowest BCUT2D eigenvalue weighted by atomic mass is 9.95. The molecule has 1 aliphatic heterocycles. The van der Waals surface area contributed by atoms with E-state index in [1.165, 1.54) is 25.5 Å². The minimum absolute atomic E-state index is 0.0115. The average Bonchev–Trinajstić information content (AvgIpc) is 3.03. The van der Waals surface area contributed by atoms with E-state index in [-0.39, 0.29) is 24.5 Å². The normalized spacial score (nSPS) is 15.0. The summed E-state index contributed by atoms with van der Waals surface area (Å²) in [7, 11) is 1.27. The van der Waals surface area contributed by atoms with E-state index in [1.807, 2.05) is 6.07 Å². The largest absolute Gasteiger partial charge is 0.490 e. The zero-order chi connectivity index (χ0) is 34.1. The smallest absolute Gasteiger partial charge is 0.337 e. The molecule has 1 aliphatic rings. The van der Waals surface area contributed by atoms with Crippen LogP contribution in [0.15, 0.2) is 75.4 Å². The van der Waals surface area contributed by atoms with Crippen LogP contribution in [0.3, 0.4) is 0 Å². The van der Waals surface area contributed by atoms with Gasteiger partial charge in [-0.25, -0.2) is 9.59 Å². The molecule has 0 aromatic heterocycles. The number of carbonyl (C=O) groups is 2. The number of hydrazone groups is 1. The first-order valence-corrected chi connectivity index (χ1v) is 16.0. The molecule has 0 saturated heterocycles. The Balaban J connectivity index is 1.36. The van der Waals surface area contributed by atoms with Gasteiger partial charge in [0.1, 0.15) is 19.0 Å². The predicted molar refractivity (Wildman–Crippen MR) is 183 cm³/mol. The number of esters is 1. The minimum Gasteiger partial charge on any atom is -0.490 e. The van der Waals surface area contributed by atoms with E-state index in [0.29, 0.717) is 39.6 Å². The molecule has 0 saturated carbocycles. The quantitative estimate of drug-likeness (QED) is 0.0428. The molecule has 0 fully saturated rings. The third kappa shape index (κ3) is 9.32. The number of hydrogen-bond acceptors (Lipinski definition) is 11. The number of methoxy groups -OCH3 is 1. The Morgan fingerprint density at radius 1 is 1.17 bits per heavy atom. The number of nitro groups is 1. The van der Waals surface area contributed by atoms with Gasteiger partial charge in [-0.1, -0.05) is 6.07 Å². The second kappa shape index (κ2) is 16.4. The fourth-order valence-corrected chi connectivity index (χ4v) is 6.25. The fourth-order valence-electron chi connectivity index (χ4n) is 4.48. The molecule has 4 N–H and O–H groups in total. The van der Waals surface area contributed by atoms with E-state index in [2.05, 4.69) is 59.7 Å². The molecule has 3 aromatic carbocycles. The van der Waals surface area contributed by atoms with Crippen LogP contribution in [0.2, 0.25) is 0 Å². The number of aliphatic hydroxyl groups excluding tert-OH is 1. The number of allylic oxidation sites excluding steroid dienone is 1. The molecule has 0 unspecified atom stereocenters. The lowest BCUT2D eigenvalue weighted by molar-refractivity contribution is -0.384. The van der Waals surface area contributed by atoms with Crippen LogP contribution in [0.1, 0.15) is 36.6 Å². The van der Waals surface area contributed by atoms with E-state index in [1.54, 1.807) is 50.2 Å². The maximum atomic E-state index is 12.4. The van der Waals surface area contributed by atoms with Crippen molar-refractivity contribution in [3.8, 4) is 17.2 Å². The monoisotopic (exact) mass is 823 g/mol. The number of benzene rings is 3. The number of nitro benzene ring substituents is 1. The van der Waals surface area contributed by atoms with Crippen molar-refractivity contribution in [1.82, 2.24) is 16.1 Å². The molecule has 4 rings (SSSR count). The van der Waals surface area contributed by atoms with E-state index >= 15 is 0 Å². The van der Waals surface area contributed by atoms with Gasteiger partial charge in [0, 0.05) is 17.8 Å². The summed E-state index contributed by atoms with van der Waals surface area (Å²) in [5, 5.41) is 30.7. The van der Waals surface area contributed by atoms with Gasteiger partial charge < -0.3 is 34.7 Å². The molecule has 248 valence electrons. The lowest BCUT2D eigenvalue weighted by Gasteiger charge is -2.28. The number of rotatable bonds is 14. The van der Waals surface area contributed by atoms with Crippen molar-refractivity contribution in [2.24, 2.45) is 5.10 Å². The minimum atomic E-state index is -1.17. The van der Waals surface area contributed by atoms with Crippen molar-refractivity contribution in [2.45, 2.75) is 32.7 Å². The van der Waals surface area contributed by atoms with Crippen LogP contribution in [0.25, 0.3) is 0 Å². The molecule has 0 spiro atoms. The van der Waals surface area contributed by atoms with Gasteiger partial charge in [-0.05, 0) is 105 Å². The van der Waals surface area contributed by atoms with Crippen molar-refractivity contribution < 1.29 is 38.6 Å². The molecular weight excluding hydrogens is 793 g/mol. The SMILES string of the molecule is CCOc1cc([C@@H]2NC(=O)NC(C)=C2C(=O)OC)ccc1OC[C@H](O)N/N=C\c1cc(Br)c(OCc2ccc([N+](=O)[O-])cc2)c(I)c1. The molecular formula is C31H31BrIN5O9. The second-order valence-corrected chi connectivity index (χ2v) is 12.0. The van der Waals surface area contributed by atoms with Crippen LogP contribution < -0.4 is 30.3 Å². The molecule has 14 nitrogen and oxygen atoms in total. The zero-order valence-corrected chi connectivity index (χ0v) is 29.2. The summed E-state index contributed by atoms with van der Waals surface area (Å²) in [6, 6.07) is 13.5. The number of carbonyl (C=O) groups excluding carboxylic acids is 2. The van der Waals surface area contributed by atoms with Crippen molar-refractivity contribution in [3.63, 3.8) is 0 Å². The van der Waals surface area contributed by atoms with Gasteiger partial charge in [0.25, 0.3) is 5.69 Å². The van der Waals surface area contributed by atoms with Crippen molar-refractivity contribution >= 4 is 62.4 Å². The van der Waals surface area contributed by atoms with Gasteiger partial charge in [-0.2, -0.15) is 5.10 Å². The van der Waals surface area contributed by atoms with E-state index < -0.39 is 29.2 Å². The zero-order valence-electron chi connectivity index (χ0n) is 25.4. The molecule has 3 aromatic rings. The standard InChI is InChI=1S/C31H31BrIN5O9/c1-4-45-25-13-20(28-27(30(40)44-3)17(2)35-31(41)36-28)7-10-24(25)46-16-26(39)37-34-14-19-11-22(32)29(23(33)12-19)47-15-18-5-8-21(9-6-18)38(42)43/h5-14,26,28,37,39H,4,15-16H2,1-3H3,(H2,35,36,41)/b34-14-/t26-,28-/m0/s1. The van der Waals surface area contributed by atoms with Crippen LogP contribution in [-0.4, -0.2) is 54.8 Å². The summed E-state index contributed by atoms with van der Waals surface area (Å²) < 4.78 is 23.9. The molecule has 0 bridgehead atoms. The first kappa shape index (κ1) is 35.4. The van der Waals surface area contributed by atoms with Crippen LogP contribution >= 0.6 is 38.5 Å². The van der Waals surface area contributed by atoms with Gasteiger partial charge in [0.15, 0.2) is 17.7 Å². The Bertz CT molecular complexity index is 1680. The second-order valence-electron chi connectivity index (χ2n) is 9.94. The third-order valence-corrected chi connectivity index (χ3v) is 8.05. The summed E-state index contributed by atoms with van der Waals surface area (Å²) >= 11 is 5.64. The number of nitrogens with one attached hydrogen (secondary N) is 3. The van der Waals surface area contributed by atoms with E-state index in [4.69, 9.17) is 18.9 Å². The molecule has 16 heteroatoms. The summed E-state index contributed by atoms with van der Waals surface area (Å²) in [6.07, 6.45) is 0.353. The summed E-state index contributed by atoms with van der Waals surface area (Å²) in [5.41, 5.74) is 5.34. The van der Waals surface area contributed by atoms with E-state index in [0.717, 1.165) is 14.7 Å². The highest BCUT2D eigenvalue weighted by Crippen LogP contribution is 2.35. The van der Waals surface area contributed by atoms with Crippen LogP contribution in [0, 0.1) is 13.7 Å². The summed E-state index contributed by atoms with van der Waals surface area (Å²) in [6.45, 7) is 3.78. The molecule has 1 heterocycles. The van der Waals surface area contributed by atoms with Crippen LogP contribution in [-0.2, 0) is 16.1 Å². The lowest BCUT2D eigenvalue weighted by Crippen LogP contribution is -2.45. The van der Waals surface area contributed by atoms with Crippen molar-refractivity contribution in [3.05, 3.63) is 101 Å². The highest BCUT2D eigenvalue weighted by Gasteiger charge is 2.32. The van der Waals surface area contributed by atoms with Gasteiger partial charge >= 0.3 is 12.0 Å². The number of halogens is 2. The number of hydrogen-bond donors (Lipinski definition) is 4. The highest BCUT2D eigenvalue weighted by atomic mass is 127. The molecule has 2 atom stereocenters. The topological polar surface area (TPSA) is 183 Å². The number of ether oxygens (including phenoxy) is 4. The third-order valence-electron chi connectivity index (χ3n) is 6.66. The molecule has 0 aliphatic carbocycles. The average molecular weight is 824 g/mol. The molecule has 2 amide bonds. The van der Waals surface area contributed by atoms with Gasteiger partial charge in [-0.15, -0.1) is 0 Å². The molecule has 47 heavy (non-hydrogen) atoms. The first-order valence-electron chi connectivity index (χ1n) is 14.1. The van der Waals surface area contributed by atoms with Gasteiger partial charge in [0.2, 0.25) is 0 Å². The number of urea groups is 1. The Labute approximate surface area is 291 Å². The Morgan fingerprint density at radius 3 is 2.57 bits per heavy atom. The van der Waals surface area contributed by atoms with Crippen LogP contribution in [0.4, 0.5) is 10.5 Å². The number of nitrogens with zero attached hydrogens (tertiary/aromatic N) is 2. The number of amides is 2. The Morgan fingerprint density at radius 2 is 1.91 bits per heavy atom. The summed E-state index contributed by atoms with van der Waals surface area (Å²) in [5.74, 6) is 0.711. The maximum Gasteiger partial charge on any atom is 0.337 e. The summed E-state index contributed by atoms with van der Waals surface area (Å²) in [4.78, 5) is 35.0. The van der Waals surface area contributed by atoms with Crippen molar-refractivity contribution in [2.75, 3.05) is 20.3 Å². The molecule has 0 radical (unpaired) electrons. The number of non-ortho nitro benzene ring substituents is 1. The highest BCUT2D eigenvalue weighted by molar-refractivity contribution is 14.1. The Hall–Kier alpha value is -4.42. The number of aliphatic hydroxyl groups is 1.